The van der Waals surface area contributed by atoms with E-state index in [4.69, 9.17) is 4.74 Å². The highest BCUT2D eigenvalue weighted by molar-refractivity contribution is 5.58. The molecule has 0 bridgehead atoms. The highest BCUT2D eigenvalue weighted by Gasteiger charge is 2.66. The van der Waals surface area contributed by atoms with Crippen molar-refractivity contribution in [2.24, 2.45) is 0 Å². The summed E-state index contributed by atoms with van der Waals surface area (Å²) in [6.45, 7) is 2.58. The van der Waals surface area contributed by atoms with Crippen molar-refractivity contribution < 1.29 is 45.7 Å². The number of hydrogen-bond acceptors (Lipinski definition) is 6. The summed E-state index contributed by atoms with van der Waals surface area (Å²) in [4.78, 5) is 20.0. The van der Waals surface area contributed by atoms with Gasteiger partial charge in [0, 0.05) is 6.07 Å². The van der Waals surface area contributed by atoms with E-state index in [1.165, 1.54) is 19.9 Å². The second-order valence-electron chi connectivity index (χ2n) is 6.22. The number of halogens is 6. The van der Waals surface area contributed by atoms with Gasteiger partial charge in [-0.05, 0) is 37.1 Å². The summed E-state index contributed by atoms with van der Waals surface area (Å²) in [7, 11) is 0. The van der Waals surface area contributed by atoms with Crippen LogP contribution in [0.25, 0.3) is 0 Å². The summed E-state index contributed by atoms with van der Waals surface area (Å²) in [6.07, 6.45) is -10.8. The first-order chi connectivity index (χ1) is 14.2. The zero-order valence-corrected chi connectivity index (χ0v) is 15.6. The van der Waals surface area contributed by atoms with Gasteiger partial charge in [-0.1, -0.05) is 6.07 Å². The van der Waals surface area contributed by atoms with Gasteiger partial charge in [0.25, 0.3) is 5.69 Å². The van der Waals surface area contributed by atoms with Gasteiger partial charge in [0.2, 0.25) is 5.75 Å². The minimum atomic E-state index is -6.13. The van der Waals surface area contributed by atoms with Crippen LogP contribution in [0.1, 0.15) is 11.1 Å². The molecule has 0 amide bonds. The molecule has 0 aliphatic heterocycles. The number of hydrogen-bond donors (Lipinski definition) is 0. The Morgan fingerprint density at radius 1 is 0.935 bits per heavy atom. The minimum absolute atomic E-state index is 0.0403. The molecule has 0 fully saturated rings. The Labute approximate surface area is 169 Å². The van der Waals surface area contributed by atoms with E-state index in [1.54, 1.807) is 0 Å². The fraction of sp³-hybridized carbons (Fsp3) is 0.294. The molecule has 0 aliphatic rings. The van der Waals surface area contributed by atoms with Crippen molar-refractivity contribution in [3.63, 3.8) is 0 Å². The Hall–Kier alpha value is -3.58. The van der Waals surface area contributed by atoms with Crippen LogP contribution in [-0.4, -0.2) is 28.3 Å². The van der Waals surface area contributed by atoms with Crippen LogP contribution in [0.2, 0.25) is 0 Å². The highest BCUT2D eigenvalue weighted by Crippen LogP contribution is 2.46. The molecule has 168 valence electrons. The number of alkyl halides is 6. The lowest BCUT2D eigenvalue weighted by Gasteiger charge is -2.28. The largest absolute Gasteiger partial charge is 0.466 e. The molecule has 0 heterocycles. The second-order valence-corrected chi connectivity index (χ2v) is 6.22. The molecule has 31 heavy (non-hydrogen) atoms. The lowest BCUT2D eigenvalue weighted by Crippen LogP contribution is -2.52. The topological polar surface area (TPSA) is 105 Å². The van der Waals surface area contributed by atoms with E-state index in [9.17, 15) is 46.6 Å². The lowest BCUT2D eigenvalue weighted by molar-refractivity contribution is -0.394. The molecular formula is C17H12F6N2O6. The first kappa shape index (κ1) is 23.7. The Balaban J connectivity index is 2.62. The van der Waals surface area contributed by atoms with Gasteiger partial charge in [0.1, 0.15) is 0 Å². The maximum absolute atomic E-state index is 14.1. The summed E-state index contributed by atoms with van der Waals surface area (Å²) in [5.74, 6) is -7.91. The molecule has 0 saturated heterocycles. The normalized spacial score (nSPS) is 13.6. The van der Waals surface area contributed by atoms with E-state index in [0.29, 0.717) is 6.07 Å². The van der Waals surface area contributed by atoms with E-state index in [1.807, 2.05) is 0 Å². The summed E-state index contributed by atoms with van der Waals surface area (Å²) in [6, 6.07) is 4.17. The molecule has 14 heteroatoms. The quantitative estimate of drug-likeness (QED) is 0.298. The van der Waals surface area contributed by atoms with Crippen LogP contribution in [0.4, 0.5) is 37.7 Å². The van der Waals surface area contributed by atoms with Crippen LogP contribution in [0, 0.1) is 34.1 Å². The molecule has 1 unspecified atom stereocenters. The molecule has 2 rings (SSSR count). The van der Waals surface area contributed by atoms with Gasteiger partial charge in [-0.3, -0.25) is 20.2 Å². The average molecular weight is 454 g/mol. The van der Waals surface area contributed by atoms with E-state index < -0.39 is 56.9 Å². The fourth-order valence-electron chi connectivity index (χ4n) is 2.47. The van der Waals surface area contributed by atoms with Crippen LogP contribution in [0.5, 0.6) is 17.2 Å². The fourth-order valence-corrected chi connectivity index (χ4v) is 2.47. The van der Waals surface area contributed by atoms with Crippen molar-refractivity contribution in [1.29, 1.82) is 0 Å². The zero-order chi connectivity index (χ0) is 23.7. The van der Waals surface area contributed by atoms with Crippen molar-refractivity contribution in [3.05, 3.63) is 61.7 Å². The number of nitro groups is 2. The third-order valence-electron chi connectivity index (χ3n) is 3.87. The van der Waals surface area contributed by atoms with Gasteiger partial charge in [0.05, 0.1) is 15.9 Å². The minimum Gasteiger partial charge on any atom is -0.446 e. The first-order valence-corrected chi connectivity index (χ1v) is 8.12. The average Bonchev–Trinajstić information content (AvgIpc) is 2.63. The number of nitrogens with zero attached hydrogens (tertiary/aromatic N) is 2. The molecule has 0 N–H and O–H groups in total. The number of rotatable bonds is 7. The van der Waals surface area contributed by atoms with Gasteiger partial charge in [-0.25, -0.2) is 8.78 Å². The smallest absolute Gasteiger partial charge is 0.446 e. The van der Waals surface area contributed by atoms with E-state index >= 15 is 0 Å². The van der Waals surface area contributed by atoms with E-state index in [-0.39, 0.29) is 11.1 Å². The Bertz CT molecular complexity index is 1030. The molecule has 0 spiro atoms. The van der Waals surface area contributed by atoms with Crippen LogP contribution in [0.3, 0.4) is 0 Å². The summed E-state index contributed by atoms with van der Waals surface area (Å²) in [5, 5.41) is 22.0. The molecule has 1 atom stereocenters. The molecule has 0 aromatic heterocycles. The van der Waals surface area contributed by atoms with Crippen molar-refractivity contribution in [2.45, 2.75) is 32.3 Å². The second kappa shape index (κ2) is 8.28. The molecule has 2 aromatic carbocycles. The number of ether oxygens (including phenoxy) is 2. The SMILES string of the molecule is Cc1cc(C)c(Oc2ccc([N+](=O)[O-])cc2[N+](=O)[O-])c(OC(F)(C(F)F)C(F)(F)F)c1. The molecule has 2 aromatic rings. The molecule has 0 saturated carbocycles. The molecule has 0 radical (unpaired) electrons. The van der Waals surface area contributed by atoms with Gasteiger partial charge in [-0.15, -0.1) is 0 Å². The number of non-ortho nitro benzene ring substituents is 1. The van der Waals surface area contributed by atoms with Crippen LogP contribution < -0.4 is 9.47 Å². The summed E-state index contributed by atoms with van der Waals surface area (Å²) in [5.41, 5.74) is -1.50. The van der Waals surface area contributed by atoms with Crippen molar-refractivity contribution in [1.82, 2.24) is 0 Å². The monoisotopic (exact) mass is 454 g/mol. The van der Waals surface area contributed by atoms with Crippen LogP contribution in [0.15, 0.2) is 30.3 Å². The summed E-state index contributed by atoms with van der Waals surface area (Å²) >= 11 is 0. The maximum atomic E-state index is 14.1. The molecule has 0 aliphatic carbocycles. The van der Waals surface area contributed by atoms with Gasteiger partial charge in [0.15, 0.2) is 11.5 Å². The summed E-state index contributed by atoms with van der Waals surface area (Å²) < 4.78 is 87.9. The predicted molar refractivity (Wildman–Crippen MR) is 92.3 cm³/mol. The number of aryl methyl sites for hydroxylation is 2. The number of benzene rings is 2. The van der Waals surface area contributed by atoms with Crippen molar-refractivity contribution in [3.8, 4) is 17.2 Å². The van der Waals surface area contributed by atoms with Gasteiger partial charge >= 0.3 is 24.1 Å². The van der Waals surface area contributed by atoms with Crippen LogP contribution in [-0.2, 0) is 0 Å². The molecule has 8 nitrogen and oxygen atoms in total. The predicted octanol–water partition coefficient (Wildman–Crippen LogP) is 5.78. The van der Waals surface area contributed by atoms with E-state index in [0.717, 1.165) is 18.2 Å². The van der Waals surface area contributed by atoms with Gasteiger partial charge in [-0.2, -0.15) is 17.6 Å². The van der Waals surface area contributed by atoms with Crippen LogP contribution >= 0.6 is 0 Å². The lowest BCUT2D eigenvalue weighted by atomic mass is 10.1. The highest BCUT2D eigenvalue weighted by atomic mass is 19.4. The Morgan fingerprint density at radius 3 is 2.03 bits per heavy atom. The van der Waals surface area contributed by atoms with Gasteiger partial charge < -0.3 is 9.47 Å². The first-order valence-electron chi connectivity index (χ1n) is 8.12. The Morgan fingerprint density at radius 2 is 1.55 bits per heavy atom. The maximum Gasteiger partial charge on any atom is 0.466 e. The standard InChI is InChI=1S/C17H12F6N2O6/c1-8-5-9(2)14(13(6-8)31-16(20,15(18)19)17(21,22)23)30-12-4-3-10(24(26)27)7-11(12)25(28)29/h3-7,15H,1-2H3. The Kier molecular flexibility index (Phi) is 6.33. The zero-order valence-electron chi connectivity index (χ0n) is 15.6. The van der Waals surface area contributed by atoms with E-state index in [2.05, 4.69) is 4.74 Å². The third-order valence-corrected chi connectivity index (χ3v) is 3.87. The van der Waals surface area contributed by atoms with Crippen molar-refractivity contribution in [2.75, 3.05) is 0 Å². The van der Waals surface area contributed by atoms with Crippen molar-refractivity contribution >= 4 is 11.4 Å². The third kappa shape index (κ3) is 4.78. The molecular weight excluding hydrogens is 442 g/mol. The number of nitro benzene ring substituents is 2.